The highest BCUT2D eigenvalue weighted by molar-refractivity contribution is 5.77. The molecule has 0 spiro atoms. The molecule has 0 atom stereocenters. The van der Waals surface area contributed by atoms with Crippen LogP contribution in [0.15, 0.2) is 18.2 Å². The highest BCUT2D eigenvalue weighted by Crippen LogP contribution is 2.14. The Kier molecular flexibility index (Phi) is 1.18. The maximum atomic E-state index is 5.50. The SMILES string of the molecule is CCc1ccc2c(c1)[nH]n2N. The fourth-order valence-electron chi connectivity index (χ4n) is 1.24. The van der Waals surface area contributed by atoms with E-state index in [0.717, 1.165) is 17.5 Å². The maximum Gasteiger partial charge on any atom is 0.105 e. The van der Waals surface area contributed by atoms with Gasteiger partial charge in [0.25, 0.3) is 0 Å². The normalized spacial score (nSPS) is 11.0. The summed E-state index contributed by atoms with van der Waals surface area (Å²) in [6, 6.07) is 6.25. The number of benzene rings is 1. The molecule has 0 fully saturated rings. The van der Waals surface area contributed by atoms with Gasteiger partial charge in [0.2, 0.25) is 0 Å². The molecule has 3 nitrogen and oxygen atoms in total. The van der Waals surface area contributed by atoms with Crippen LogP contribution in [-0.4, -0.2) is 9.89 Å². The van der Waals surface area contributed by atoms with Gasteiger partial charge in [0.1, 0.15) is 5.52 Å². The zero-order valence-electron chi connectivity index (χ0n) is 6.46. The van der Waals surface area contributed by atoms with Gasteiger partial charge in [0.15, 0.2) is 0 Å². The fraction of sp³-hybridized carbons (Fsp3) is 0.250. The Hall–Kier alpha value is -1.38. The van der Waals surface area contributed by atoms with E-state index in [1.807, 2.05) is 6.07 Å². The molecule has 0 unspecified atom stereocenters. The largest absolute Gasteiger partial charge is 0.324 e. The first-order valence-corrected chi connectivity index (χ1v) is 3.75. The second-order valence-electron chi connectivity index (χ2n) is 2.69. The molecular formula is C8H11N3. The van der Waals surface area contributed by atoms with Gasteiger partial charge in [0, 0.05) is 0 Å². The van der Waals surface area contributed by atoms with E-state index in [-0.39, 0.29) is 0 Å². The predicted octanol–water partition coefficient (Wildman–Crippen LogP) is 1.25. The Balaban J connectivity index is 2.56. The van der Waals surface area contributed by atoms with Crippen molar-refractivity contribution < 1.29 is 0 Å². The minimum atomic E-state index is 1.07. The molecule has 11 heavy (non-hydrogen) atoms. The summed E-state index contributed by atoms with van der Waals surface area (Å²) in [4.78, 5) is 1.52. The van der Waals surface area contributed by atoms with Crippen LogP contribution in [0.3, 0.4) is 0 Å². The number of aromatic amines is 1. The van der Waals surface area contributed by atoms with Gasteiger partial charge in [-0.25, -0.2) is 4.79 Å². The summed E-state index contributed by atoms with van der Waals surface area (Å²) in [6.45, 7) is 2.14. The first-order chi connectivity index (χ1) is 5.31. The van der Waals surface area contributed by atoms with E-state index in [1.165, 1.54) is 10.4 Å². The minimum absolute atomic E-state index is 1.07. The highest BCUT2D eigenvalue weighted by atomic mass is 15.5. The number of H-pyrrole nitrogens is 1. The second-order valence-corrected chi connectivity index (χ2v) is 2.69. The third-order valence-electron chi connectivity index (χ3n) is 1.97. The van der Waals surface area contributed by atoms with Crippen LogP contribution < -0.4 is 5.84 Å². The van der Waals surface area contributed by atoms with Crippen molar-refractivity contribution in [2.24, 2.45) is 0 Å². The molecule has 0 aliphatic rings. The standard InChI is InChI=1S/C8H11N3/c1-2-6-3-4-8-7(5-6)10-11(8)9/h3-5,10H,2,9H2,1H3. The van der Waals surface area contributed by atoms with Gasteiger partial charge >= 0.3 is 0 Å². The second kappa shape index (κ2) is 2.05. The number of nitrogens with zero attached hydrogens (tertiary/aromatic N) is 1. The Morgan fingerprint density at radius 3 is 2.91 bits per heavy atom. The van der Waals surface area contributed by atoms with Crippen molar-refractivity contribution >= 4 is 11.0 Å². The highest BCUT2D eigenvalue weighted by Gasteiger charge is 2.01. The molecule has 0 bridgehead atoms. The van der Waals surface area contributed by atoms with Gasteiger partial charge in [-0.1, -0.05) is 13.0 Å². The molecule has 1 aromatic heterocycles. The molecule has 0 aliphatic heterocycles. The number of aromatic nitrogens is 2. The molecule has 0 saturated heterocycles. The summed E-state index contributed by atoms with van der Waals surface area (Å²) in [5.74, 6) is 5.50. The summed E-state index contributed by atoms with van der Waals surface area (Å²) in [5.41, 5.74) is 3.54. The number of fused-ring (bicyclic) bond motifs is 1. The lowest BCUT2D eigenvalue weighted by Crippen LogP contribution is -2.18. The van der Waals surface area contributed by atoms with Gasteiger partial charge in [-0.3, -0.25) is 5.10 Å². The van der Waals surface area contributed by atoms with Crippen LogP contribution in [0.25, 0.3) is 11.0 Å². The van der Waals surface area contributed by atoms with Crippen molar-refractivity contribution in [3.05, 3.63) is 23.8 Å². The van der Waals surface area contributed by atoms with Crippen molar-refractivity contribution in [3.63, 3.8) is 0 Å². The Labute approximate surface area is 64.7 Å². The number of aryl methyl sites for hydroxylation is 1. The van der Waals surface area contributed by atoms with Crippen LogP contribution in [0.5, 0.6) is 0 Å². The summed E-state index contributed by atoms with van der Waals surface area (Å²) in [6.07, 6.45) is 1.07. The van der Waals surface area contributed by atoms with Crippen LogP contribution >= 0.6 is 0 Å². The fourth-order valence-corrected chi connectivity index (χ4v) is 1.24. The molecule has 0 radical (unpaired) electrons. The van der Waals surface area contributed by atoms with Crippen LogP contribution in [0, 0.1) is 0 Å². The van der Waals surface area contributed by atoms with Crippen molar-refractivity contribution in [3.8, 4) is 0 Å². The van der Waals surface area contributed by atoms with Crippen LogP contribution in [0.2, 0.25) is 0 Å². The van der Waals surface area contributed by atoms with Crippen LogP contribution in [0.4, 0.5) is 0 Å². The maximum absolute atomic E-state index is 5.50. The predicted molar refractivity (Wildman–Crippen MR) is 45.8 cm³/mol. The average Bonchev–Trinajstić information content (AvgIpc) is 2.02. The molecule has 2 rings (SSSR count). The molecule has 3 heteroatoms. The third-order valence-corrected chi connectivity index (χ3v) is 1.97. The summed E-state index contributed by atoms with van der Waals surface area (Å²) in [7, 11) is 0. The van der Waals surface area contributed by atoms with E-state index in [0.29, 0.717) is 0 Å². The summed E-state index contributed by atoms with van der Waals surface area (Å²) >= 11 is 0. The number of hydrogen-bond donors (Lipinski definition) is 2. The molecule has 0 saturated carbocycles. The molecular weight excluding hydrogens is 138 g/mol. The molecule has 2 aromatic rings. The lowest BCUT2D eigenvalue weighted by Gasteiger charge is -2.11. The first kappa shape index (κ1) is 6.34. The number of hydrogen-bond acceptors (Lipinski definition) is 1. The van der Waals surface area contributed by atoms with E-state index in [9.17, 15) is 0 Å². The summed E-state index contributed by atoms with van der Waals surface area (Å²) < 4.78 is 0. The Morgan fingerprint density at radius 2 is 2.36 bits per heavy atom. The number of nitrogens with one attached hydrogen (secondary N) is 1. The lowest BCUT2D eigenvalue weighted by atomic mass is 10.1. The molecule has 0 aliphatic carbocycles. The topological polar surface area (TPSA) is 46.7 Å². The zero-order chi connectivity index (χ0) is 7.84. The molecule has 1 heterocycles. The summed E-state index contributed by atoms with van der Waals surface area (Å²) in [5, 5.41) is 2.97. The number of rotatable bonds is 1. The Morgan fingerprint density at radius 1 is 1.55 bits per heavy atom. The van der Waals surface area contributed by atoms with E-state index in [2.05, 4.69) is 24.2 Å². The van der Waals surface area contributed by atoms with Crippen molar-refractivity contribution in [2.45, 2.75) is 13.3 Å². The molecule has 1 aromatic carbocycles. The van der Waals surface area contributed by atoms with Crippen molar-refractivity contribution in [1.29, 1.82) is 0 Å². The van der Waals surface area contributed by atoms with E-state index >= 15 is 0 Å². The average molecular weight is 149 g/mol. The number of nitrogens with two attached hydrogens (primary N) is 1. The smallest absolute Gasteiger partial charge is 0.105 e. The van der Waals surface area contributed by atoms with Crippen molar-refractivity contribution in [2.75, 3.05) is 5.84 Å². The van der Waals surface area contributed by atoms with Crippen LogP contribution in [0.1, 0.15) is 12.5 Å². The first-order valence-electron chi connectivity index (χ1n) is 3.75. The molecule has 0 amide bonds. The number of nitrogen functional groups attached to an aromatic ring is 1. The quantitative estimate of drug-likeness (QED) is 0.589. The van der Waals surface area contributed by atoms with Crippen molar-refractivity contribution in [1.82, 2.24) is 9.89 Å². The third kappa shape index (κ3) is 0.808. The monoisotopic (exact) mass is 149 g/mol. The Bertz CT molecular complexity index is 369. The van der Waals surface area contributed by atoms with E-state index in [1.54, 1.807) is 0 Å². The zero-order valence-corrected chi connectivity index (χ0v) is 6.46. The van der Waals surface area contributed by atoms with E-state index in [4.69, 9.17) is 5.84 Å². The van der Waals surface area contributed by atoms with Gasteiger partial charge in [-0.2, -0.15) is 0 Å². The van der Waals surface area contributed by atoms with Gasteiger partial charge in [-0.15, -0.1) is 0 Å². The van der Waals surface area contributed by atoms with Crippen LogP contribution in [-0.2, 0) is 6.42 Å². The molecule has 58 valence electrons. The van der Waals surface area contributed by atoms with Gasteiger partial charge < -0.3 is 5.84 Å². The van der Waals surface area contributed by atoms with Gasteiger partial charge in [0.05, 0.1) is 5.52 Å². The minimum Gasteiger partial charge on any atom is -0.324 e. The van der Waals surface area contributed by atoms with Gasteiger partial charge in [-0.05, 0) is 24.1 Å². The van der Waals surface area contributed by atoms with E-state index < -0.39 is 0 Å². The lowest BCUT2D eigenvalue weighted by molar-refractivity contribution is 0.822. The molecule has 3 N–H and O–H groups in total.